The SMILES string of the molecule is Cc1ccc(C(=O)N2CCC(C(N)=O)C2)cc1N. The minimum absolute atomic E-state index is 0.0922. The zero-order chi connectivity index (χ0) is 13.3. The summed E-state index contributed by atoms with van der Waals surface area (Å²) in [5.41, 5.74) is 13.1. The third-order valence-corrected chi connectivity index (χ3v) is 3.40. The van der Waals surface area contributed by atoms with Crippen LogP contribution in [-0.4, -0.2) is 29.8 Å². The Morgan fingerprint density at radius 1 is 1.39 bits per heavy atom. The number of benzene rings is 1. The van der Waals surface area contributed by atoms with Crippen molar-refractivity contribution in [1.82, 2.24) is 4.90 Å². The summed E-state index contributed by atoms with van der Waals surface area (Å²) in [4.78, 5) is 24.9. The summed E-state index contributed by atoms with van der Waals surface area (Å²) < 4.78 is 0. The predicted octanol–water partition coefficient (Wildman–Crippen LogP) is 0.525. The molecule has 0 bridgehead atoms. The molecular formula is C13H17N3O2. The fourth-order valence-electron chi connectivity index (χ4n) is 2.13. The number of aryl methyl sites for hydroxylation is 1. The highest BCUT2D eigenvalue weighted by Crippen LogP contribution is 2.20. The summed E-state index contributed by atoms with van der Waals surface area (Å²) in [7, 11) is 0. The van der Waals surface area contributed by atoms with Crippen LogP contribution < -0.4 is 11.5 Å². The van der Waals surface area contributed by atoms with Crippen molar-refractivity contribution in [3.8, 4) is 0 Å². The van der Waals surface area contributed by atoms with Gasteiger partial charge in [0.05, 0.1) is 5.92 Å². The number of hydrogen-bond acceptors (Lipinski definition) is 3. The molecule has 4 N–H and O–H groups in total. The van der Waals surface area contributed by atoms with E-state index in [0.29, 0.717) is 30.8 Å². The molecule has 1 aromatic rings. The van der Waals surface area contributed by atoms with Gasteiger partial charge in [-0.15, -0.1) is 0 Å². The van der Waals surface area contributed by atoms with Crippen molar-refractivity contribution in [1.29, 1.82) is 0 Å². The molecule has 2 rings (SSSR count). The fourth-order valence-corrected chi connectivity index (χ4v) is 2.13. The first kappa shape index (κ1) is 12.4. The van der Waals surface area contributed by atoms with Gasteiger partial charge in [-0.2, -0.15) is 0 Å². The van der Waals surface area contributed by atoms with Crippen molar-refractivity contribution >= 4 is 17.5 Å². The van der Waals surface area contributed by atoms with Gasteiger partial charge < -0.3 is 16.4 Å². The van der Waals surface area contributed by atoms with Gasteiger partial charge in [0.15, 0.2) is 0 Å². The summed E-state index contributed by atoms with van der Waals surface area (Å²) in [5.74, 6) is -0.657. The van der Waals surface area contributed by atoms with Crippen LogP contribution in [0.1, 0.15) is 22.3 Å². The lowest BCUT2D eigenvalue weighted by atomic mass is 10.1. The zero-order valence-corrected chi connectivity index (χ0v) is 10.3. The molecule has 0 radical (unpaired) electrons. The molecule has 18 heavy (non-hydrogen) atoms. The van der Waals surface area contributed by atoms with E-state index in [4.69, 9.17) is 11.5 Å². The van der Waals surface area contributed by atoms with Crippen molar-refractivity contribution in [3.05, 3.63) is 29.3 Å². The number of anilines is 1. The molecule has 1 unspecified atom stereocenters. The highest BCUT2D eigenvalue weighted by atomic mass is 16.2. The Morgan fingerprint density at radius 3 is 2.67 bits per heavy atom. The monoisotopic (exact) mass is 247 g/mol. The normalized spacial score (nSPS) is 18.9. The molecule has 0 saturated carbocycles. The zero-order valence-electron chi connectivity index (χ0n) is 10.3. The number of carbonyl (C=O) groups excluding carboxylic acids is 2. The van der Waals surface area contributed by atoms with Crippen molar-refractivity contribution in [2.24, 2.45) is 11.7 Å². The molecular weight excluding hydrogens is 230 g/mol. The summed E-state index contributed by atoms with van der Waals surface area (Å²) in [5, 5.41) is 0. The van der Waals surface area contributed by atoms with Crippen molar-refractivity contribution in [3.63, 3.8) is 0 Å². The molecule has 0 aliphatic carbocycles. The van der Waals surface area contributed by atoms with Gasteiger partial charge in [0, 0.05) is 24.3 Å². The molecule has 1 aromatic carbocycles. The van der Waals surface area contributed by atoms with Crippen LogP contribution in [0, 0.1) is 12.8 Å². The second-order valence-electron chi connectivity index (χ2n) is 4.71. The quantitative estimate of drug-likeness (QED) is 0.747. The van der Waals surface area contributed by atoms with E-state index in [2.05, 4.69) is 0 Å². The molecule has 0 spiro atoms. The highest BCUT2D eigenvalue weighted by molar-refractivity contribution is 5.96. The van der Waals surface area contributed by atoms with Crippen molar-refractivity contribution < 1.29 is 9.59 Å². The highest BCUT2D eigenvalue weighted by Gasteiger charge is 2.30. The number of nitrogens with zero attached hydrogens (tertiary/aromatic N) is 1. The van der Waals surface area contributed by atoms with Crippen LogP contribution in [0.15, 0.2) is 18.2 Å². The van der Waals surface area contributed by atoms with Crippen LogP contribution >= 0.6 is 0 Å². The summed E-state index contributed by atoms with van der Waals surface area (Å²) in [6.07, 6.45) is 0.641. The van der Waals surface area contributed by atoms with Crippen LogP contribution in [0.3, 0.4) is 0 Å². The van der Waals surface area contributed by atoms with Gasteiger partial charge in [-0.05, 0) is 31.0 Å². The standard InChI is InChI=1S/C13H17N3O2/c1-8-2-3-9(6-11(8)14)13(18)16-5-4-10(7-16)12(15)17/h2-3,6,10H,4-5,7,14H2,1H3,(H2,15,17). The maximum absolute atomic E-state index is 12.2. The van der Waals surface area contributed by atoms with E-state index in [1.807, 2.05) is 13.0 Å². The lowest BCUT2D eigenvalue weighted by molar-refractivity contribution is -0.121. The fraction of sp³-hybridized carbons (Fsp3) is 0.385. The van der Waals surface area contributed by atoms with Crippen molar-refractivity contribution in [2.75, 3.05) is 18.8 Å². The molecule has 1 atom stereocenters. The number of rotatable bonds is 2. The number of carbonyl (C=O) groups is 2. The third-order valence-electron chi connectivity index (χ3n) is 3.40. The first-order valence-corrected chi connectivity index (χ1v) is 5.93. The van der Waals surface area contributed by atoms with E-state index in [1.165, 1.54) is 0 Å². The van der Waals surface area contributed by atoms with Gasteiger partial charge >= 0.3 is 0 Å². The maximum Gasteiger partial charge on any atom is 0.253 e. The van der Waals surface area contributed by atoms with Gasteiger partial charge in [-0.3, -0.25) is 9.59 Å². The molecule has 1 saturated heterocycles. The lowest BCUT2D eigenvalue weighted by Gasteiger charge is -2.16. The maximum atomic E-state index is 12.2. The predicted molar refractivity (Wildman–Crippen MR) is 68.8 cm³/mol. The number of amides is 2. The number of primary amides is 1. The number of likely N-dealkylation sites (tertiary alicyclic amines) is 1. The largest absolute Gasteiger partial charge is 0.398 e. The second kappa shape index (κ2) is 4.68. The summed E-state index contributed by atoms with van der Waals surface area (Å²) in [6.45, 7) is 2.87. The Kier molecular flexibility index (Phi) is 3.23. The average Bonchev–Trinajstić information content (AvgIpc) is 2.81. The Hall–Kier alpha value is -2.04. The second-order valence-corrected chi connectivity index (χ2v) is 4.71. The van der Waals surface area contributed by atoms with Crippen LogP contribution in [-0.2, 0) is 4.79 Å². The van der Waals surface area contributed by atoms with Gasteiger partial charge in [-0.1, -0.05) is 6.07 Å². The van der Waals surface area contributed by atoms with Gasteiger partial charge in [0.2, 0.25) is 5.91 Å². The molecule has 1 fully saturated rings. The summed E-state index contributed by atoms with van der Waals surface area (Å²) in [6, 6.07) is 5.26. The number of nitrogen functional groups attached to an aromatic ring is 1. The molecule has 96 valence electrons. The number of nitrogens with two attached hydrogens (primary N) is 2. The van der Waals surface area contributed by atoms with E-state index < -0.39 is 0 Å². The Balaban J connectivity index is 2.12. The first-order valence-electron chi connectivity index (χ1n) is 5.93. The average molecular weight is 247 g/mol. The molecule has 0 aromatic heterocycles. The minimum Gasteiger partial charge on any atom is -0.398 e. The van der Waals surface area contributed by atoms with Crippen LogP contribution in [0.25, 0.3) is 0 Å². The Morgan fingerprint density at radius 2 is 2.11 bits per heavy atom. The van der Waals surface area contributed by atoms with Crippen LogP contribution in [0.5, 0.6) is 0 Å². The topological polar surface area (TPSA) is 89.4 Å². The molecule has 1 aliphatic rings. The smallest absolute Gasteiger partial charge is 0.253 e. The molecule has 5 heteroatoms. The van der Waals surface area contributed by atoms with E-state index in [9.17, 15) is 9.59 Å². The van der Waals surface area contributed by atoms with Crippen LogP contribution in [0.4, 0.5) is 5.69 Å². The van der Waals surface area contributed by atoms with Crippen LogP contribution in [0.2, 0.25) is 0 Å². The molecule has 2 amide bonds. The molecule has 1 heterocycles. The summed E-state index contributed by atoms with van der Waals surface area (Å²) >= 11 is 0. The van der Waals surface area contributed by atoms with Gasteiger partial charge in [0.25, 0.3) is 5.91 Å². The molecule has 5 nitrogen and oxygen atoms in total. The third kappa shape index (κ3) is 2.30. The van der Waals surface area contributed by atoms with E-state index in [0.717, 1.165) is 5.56 Å². The van der Waals surface area contributed by atoms with Gasteiger partial charge in [0.1, 0.15) is 0 Å². The molecule has 1 aliphatic heterocycles. The van der Waals surface area contributed by atoms with E-state index in [-0.39, 0.29) is 17.7 Å². The lowest BCUT2D eigenvalue weighted by Crippen LogP contribution is -2.31. The first-order chi connectivity index (χ1) is 8.49. The van der Waals surface area contributed by atoms with E-state index in [1.54, 1.807) is 17.0 Å². The Labute approximate surface area is 106 Å². The van der Waals surface area contributed by atoms with E-state index >= 15 is 0 Å². The van der Waals surface area contributed by atoms with Gasteiger partial charge in [-0.25, -0.2) is 0 Å². The minimum atomic E-state index is -0.339. The van der Waals surface area contributed by atoms with Crippen molar-refractivity contribution in [2.45, 2.75) is 13.3 Å². The Bertz CT molecular complexity index is 499. The number of hydrogen-bond donors (Lipinski definition) is 2.